The summed E-state index contributed by atoms with van der Waals surface area (Å²) in [5.41, 5.74) is -0.454. The average molecular weight is 414 g/mol. The Kier molecular flexibility index (Phi) is 9.23. The van der Waals surface area contributed by atoms with Crippen molar-refractivity contribution >= 4 is 11.8 Å². The largest absolute Gasteiger partial charge is 0.484 e. The van der Waals surface area contributed by atoms with E-state index in [0.29, 0.717) is 6.08 Å². The first-order valence-corrected chi connectivity index (χ1v) is 7.99. The maximum Gasteiger partial charge on any atom is 0.281 e. The van der Waals surface area contributed by atoms with Crippen molar-refractivity contribution < 1.29 is 31.9 Å². The number of carbonyl (C=O) groups is 2. The predicted molar refractivity (Wildman–Crippen MR) is 95.8 cm³/mol. The molecule has 156 valence electrons. The van der Waals surface area contributed by atoms with Crippen LogP contribution in [0.3, 0.4) is 0 Å². The topological polar surface area (TPSA) is 93.2 Å². The highest BCUT2D eigenvalue weighted by Gasteiger charge is 2.12. The van der Waals surface area contributed by atoms with Crippen molar-refractivity contribution in [2.45, 2.75) is 12.8 Å². The third-order valence-corrected chi connectivity index (χ3v) is 3.09. The number of hydrogen-bond donors (Lipinski definition) is 2. The molecular weight excluding hydrogens is 396 g/mol. The lowest BCUT2D eigenvalue weighted by atomic mass is 10.3. The zero-order valence-electron chi connectivity index (χ0n) is 15.2. The molecule has 0 bridgehead atoms. The van der Waals surface area contributed by atoms with Gasteiger partial charge in [-0.2, -0.15) is 0 Å². The Bertz CT molecular complexity index is 823. The van der Waals surface area contributed by atoms with E-state index in [2.05, 4.69) is 40.3 Å². The SMILES string of the molecule is C=C(CCNC(=O)c1cnc(C(F)F)cn1)NC(=O)COC(=C)/C=C(/F)C(=C)F. The molecule has 0 aromatic carbocycles. The molecule has 0 fully saturated rings. The number of nitrogens with zero attached hydrogens (tertiary/aromatic N) is 2. The van der Waals surface area contributed by atoms with Gasteiger partial charge in [0.1, 0.15) is 17.1 Å². The van der Waals surface area contributed by atoms with Crippen LogP contribution in [-0.4, -0.2) is 34.9 Å². The highest BCUT2D eigenvalue weighted by atomic mass is 19.3. The molecule has 0 spiro atoms. The Hall–Kier alpha value is -3.50. The fraction of sp³-hybridized carbons (Fsp3) is 0.222. The molecule has 1 rings (SSSR count). The maximum absolute atomic E-state index is 12.9. The molecule has 2 N–H and O–H groups in total. The summed E-state index contributed by atoms with van der Waals surface area (Å²) >= 11 is 0. The third-order valence-electron chi connectivity index (χ3n) is 3.09. The van der Waals surface area contributed by atoms with Gasteiger partial charge in [0.2, 0.25) is 0 Å². The number of hydrogen-bond acceptors (Lipinski definition) is 5. The lowest BCUT2D eigenvalue weighted by Crippen LogP contribution is -2.30. The van der Waals surface area contributed by atoms with Gasteiger partial charge in [-0.25, -0.2) is 22.5 Å². The van der Waals surface area contributed by atoms with E-state index in [0.717, 1.165) is 12.4 Å². The highest BCUT2D eigenvalue weighted by Crippen LogP contribution is 2.14. The molecule has 0 aliphatic rings. The third kappa shape index (κ3) is 8.82. The Morgan fingerprint density at radius 2 is 1.86 bits per heavy atom. The summed E-state index contributed by atoms with van der Waals surface area (Å²) in [6.07, 6.45) is -0.274. The van der Waals surface area contributed by atoms with Crippen LogP contribution < -0.4 is 10.6 Å². The van der Waals surface area contributed by atoms with Crippen LogP contribution in [0.2, 0.25) is 0 Å². The van der Waals surface area contributed by atoms with E-state index in [1.807, 2.05) is 0 Å². The Balaban J connectivity index is 2.33. The molecule has 2 amide bonds. The van der Waals surface area contributed by atoms with Gasteiger partial charge in [0.25, 0.3) is 18.2 Å². The molecule has 11 heteroatoms. The maximum atomic E-state index is 12.9. The van der Waals surface area contributed by atoms with Crippen LogP contribution in [0.15, 0.2) is 61.3 Å². The lowest BCUT2D eigenvalue weighted by molar-refractivity contribution is -0.123. The lowest BCUT2D eigenvalue weighted by Gasteiger charge is -2.10. The normalized spacial score (nSPS) is 11.0. The van der Waals surface area contributed by atoms with Gasteiger partial charge in [0, 0.05) is 24.7 Å². The monoisotopic (exact) mass is 414 g/mol. The van der Waals surface area contributed by atoms with E-state index in [1.54, 1.807) is 0 Å². The number of allylic oxidation sites excluding steroid dienone is 3. The molecule has 0 radical (unpaired) electrons. The molecule has 0 aliphatic carbocycles. The summed E-state index contributed by atoms with van der Waals surface area (Å²) in [7, 11) is 0. The van der Waals surface area contributed by atoms with Crippen molar-refractivity contribution in [3.8, 4) is 0 Å². The number of amides is 2. The molecule has 29 heavy (non-hydrogen) atoms. The fourth-order valence-corrected chi connectivity index (χ4v) is 1.70. The summed E-state index contributed by atoms with van der Waals surface area (Å²) in [5, 5.41) is 4.83. The summed E-state index contributed by atoms with van der Waals surface area (Å²) in [5.74, 6) is -4.13. The van der Waals surface area contributed by atoms with Gasteiger partial charge in [-0.05, 0) is 0 Å². The first-order chi connectivity index (χ1) is 13.6. The van der Waals surface area contributed by atoms with Crippen molar-refractivity contribution in [1.29, 1.82) is 0 Å². The van der Waals surface area contributed by atoms with Crippen LogP contribution in [0.5, 0.6) is 0 Å². The van der Waals surface area contributed by atoms with E-state index in [9.17, 15) is 27.2 Å². The molecule has 1 aromatic rings. The van der Waals surface area contributed by atoms with Crippen molar-refractivity contribution in [2.24, 2.45) is 0 Å². The molecular formula is C18H18F4N4O3. The van der Waals surface area contributed by atoms with Gasteiger partial charge >= 0.3 is 0 Å². The molecule has 0 atom stereocenters. The Morgan fingerprint density at radius 3 is 2.41 bits per heavy atom. The van der Waals surface area contributed by atoms with Crippen molar-refractivity contribution in [2.75, 3.05) is 13.2 Å². The molecule has 1 aromatic heterocycles. The van der Waals surface area contributed by atoms with Crippen molar-refractivity contribution in [1.82, 2.24) is 20.6 Å². The van der Waals surface area contributed by atoms with E-state index in [-0.39, 0.29) is 30.1 Å². The minimum atomic E-state index is -2.79. The first-order valence-electron chi connectivity index (χ1n) is 7.99. The van der Waals surface area contributed by atoms with Crippen LogP contribution in [-0.2, 0) is 9.53 Å². The van der Waals surface area contributed by atoms with E-state index in [1.165, 1.54) is 0 Å². The molecule has 0 saturated carbocycles. The van der Waals surface area contributed by atoms with Gasteiger partial charge in [-0.3, -0.25) is 14.6 Å². The highest BCUT2D eigenvalue weighted by molar-refractivity contribution is 5.91. The van der Waals surface area contributed by atoms with E-state index >= 15 is 0 Å². The smallest absolute Gasteiger partial charge is 0.281 e. The van der Waals surface area contributed by atoms with Gasteiger partial charge in [0.15, 0.2) is 18.3 Å². The minimum absolute atomic E-state index is 0.0658. The number of rotatable bonds is 11. The van der Waals surface area contributed by atoms with Gasteiger partial charge in [-0.1, -0.05) is 19.7 Å². The fourth-order valence-electron chi connectivity index (χ4n) is 1.70. The number of alkyl halides is 2. The van der Waals surface area contributed by atoms with E-state index < -0.39 is 42.2 Å². The average Bonchev–Trinajstić information content (AvgIpc) is 2.66. The summed E-state index contributed by atoms with van der Waals surface area (Å²) in [6, 6.07) is 0. The zero-order chi connectivity index (χ0) is 22.0. The summed E-state index contributed by atoms with van der Waals surface area (Å²) in [6.45, 7) is 9.17. The molecule has 0 unspecified atom stereocenters. The van der Waals surface area contributed by atoms with Crippen LogP contribution in [0, 0.1) is 0 Å². The van der Waals surface area contributed by atoms with Crippen LogP contribution in [0.25, 0.3) is 0 Å². The van der Waals surface area contributed by atoms with Gasteiger partial charge in [0.05, 0.1) is 12.4 Å². The standard InChI is InChI=1S/C18H18F4N4O3/c1-10(26-16(27)9-29-11(2)6-13(20)12(3)19)4-5-23-18(28)15-8-24-14(7-25-15)17(21)22/h6-8,17H,1-5,9H2,(H,23,28)(H,26,27)/b13-6+. The quantitative estimate of drug-likeness (QED) is 0.330. The van der Waals surface area contributed by atoms with Crippen LogP contribution >= 0.6 is 0 Å². The second kappa shape index (κ2) is 11.4. The number of carbonyl (C=O) groups excluding carboxylic acids is 2. The summed E-state index contributed by atoms with van der Waals surface area (Å²) in [4.78, 5) is 30.5. The molecule has 0 saturated heterocycles. The van der Waals surface area contributed by atoms with E-state index in [4.69, 9.17) is 4.74 Å². The first kappa shape index (κ1) is 23.5. The van der Waals surface area contributed by atoms with Crippen molar-refractivity contribution in [3.63, 3.8) is 0 Å². The Labute approximate surface area is 163 Å². The minimum Gasteiger partial charge on any atom is -0.484 e. The number of nitrogens with one attached hydrogen (secondary N) is 2. The number of aromatic nitrogens is 2. The second-order valence-corrected chi connectivity index (χ2v) is 5.44. The second-order valence-electron chi connectivity index (χ2n) is 5.44. The summed E-state index contributed by atoms with van der Waals surface area (Å²) < 4.78 is 55.0. The predicted octanol–water partition coefficient (Wildman–Crippen LogP) is 3.03. The van der Waals surface area contributed by atoms with Crippen molar-refractivity contribution in [3.05, 3.63) is 72.7 Å². The van der Waals surface area contributed by atoms with Gasteiger partial charge in [-0.15, -0.1) is 0 Å². The molecule has 0 aliphatic heterocycles. The molecule has 1 heterocycles. The Morgan fingerprint density at radius 1 is 1.17 bits per heavy atom. The zero-order valence-corrected chi connectivity index (χ0v) is 15.2. The molecule has 7 nitrogen and oxygen atoms in total. The van der Waals surface area contributed by atoms with Gasteiger partial charge < -0.3 is 15.4 Å². The number of ether oxygens (including phenoxy) is 1. The number of halogens is 4. The van der Waals surface area contributed by atoms with Crippen LogP contribution in [0.4, 0.5) is 17.6 Å². The van der Waals surface area contributed by atoms with Crippen LogP contribution in [0.1, 0.15) is 29.0 Å².